The van der Waals surface area contributed by atoms with E-state index in [1.807, 2.05) is 72.8 Å². The molecule has 20 nitrogen and oxygen atoms in total. The zero-order valence-corrected chi connectivity index (χ0v) is 49.5. The number of hydrogen-bond acceptors (Lipinski definition) is 20. The first-order valence-electron chi connectivity index (χ1n) is 23.8. The topological polar surface area (TPSA) is 271 Å². The van der Waals surface area contributed by atoms with E-state index >= 15 is 0 Å². The van der Waals surface area contributed by atoms with Crippen LogP contribution in [0.15, 0.2) is 91.2 Å². The van der Waals surface area contributed by atoms with Crippen LogP contribution in [0.2, 0.25) is 0 Å². The summed E-state index contributed by atoms with van der Waals surface area (Å²) >= 11 is 18.9. The molecule has 0 saturated heterocycles. The molecule has 0 aromatic carbocycles. The third kappa shape index (κ3) is 16.3. The van der Waals surface area contributed by atoms with Crippen LogP contribution in [0.4, 0.5) is 20.5 Å². The van der Waals surface area contributed by atoms with Crippen LogP contribution in [-0.2, 0) is 44.9 Å². The molecule has 0 aliphatic heterocycles. The lowest BCUT2D eigenvalue weighted by Crippen LogP contribution is -2.15. The molecule has 8 aromatic heterocycles. The molecule has 4 atom stereocenters. The third-order valence-electron chi connectivity index (χ3n) is 12.0. The van der Waals surface area contributed by atoms with E-state index in [2.05, 4.69) is 146 Å². The molecule has 28 heteroatoms. The predicted molar refractivity (Wildman–Crippen MR) is 305 cm³/mol. The van der Waals surface area contributed by atoms with E-state index in [-0.39, 0.29) is 73.0 Å². The second kappa shape index (κ2) is 26.8. The number of nitrogens with zero attached hydrogens (tertiary/aromatic N) is 12. The highest BCUT2D eigenvalue weighted by molar-refractivity contribution is 9.11. The fourth-order valence-corrected chi connectivity index (χ4v) is 13.7. The zero-order chi connectivity index (χ0) is 53.0. The van der Waals surface area contributed by atoms with Crippen LogP contribution in [0.5, 0.6) is 0 Å². The van der Waals surface area contributed by atoms with E-state index in [1.165, 1.54) is 45.3 Å². The Balaban J connectivity index is 0.000000186. The lowest BCUT2D eigenvalue weighted by atomic mass is 9.82. The number of anilines is 4. The number of halogens is 4. The molecule has 2 fully saturated rings. The molecule has 0 radical (unpaired) electrons. The molecule has 0 unspecified atom stereocenters. The Morgan fingerprint density at radius 3 is 0.842 bits per heavy atom. The van der Waals surface area contributed by atoms with E-state index in [1.54, 1.807) is 0 Å². The van der Waals surface area contributed by atoms with Gasteiger partial charge in [0.05, 0.1) is 48.5 Å². The minimum Gasteiger partial charge on any atom is -0.300 e. The van der Waals surface area contributed by atoms with Gasteiger partial charge in [-0.1, -0.05) is 82.5 Å². The first-order chi connectivity index (χ1) is 36.8. The van der Waals surface area contributed by atoms with Crippen LogP contribution in [0, 0.1) is 0 Å². The quantitative estimate of drug-likeness (QED) is 0.0655. The summed E-state index contributed by atoms with van der Waals surface area (Å²) in [5.74, 6) is 0.193. The molecule has 10 rings (SSSR count). The van der Waals surface area contributed by atoms with E-state index < -0.39 is 0 Å². The van der Waals surface area contributed by atoms with Crippen LogP contribution in [0.3, 0.4) is 0 Å². The summed E-state index contributed by atoms with van der Waals surface area (Å²) in [4.78, 5) is 66.9. The normalized spacial score (nSPS) is 17.2. The summed E-state index contributed by atoms with van der Waals surface area (Å²) in [6.07, 6.45) is 8.46. The minimum atomic E-state index is -0.182. The molecule has 2 aliphatic carbocycles. The molecule has 4 amide bonds. The van der Waals surface area contributed by atoms with Gasteiger partial charge in [0.1, 0.15) is 38.4 Å². The number of pyridine rings is 4. The second-order valence-corrected chi connectivity index (χ2v) is 24.9. The maximum absolute atomic E-state index is 12.4. The van der Waals surface area contributed by atoms with Gasteiger partial charge in [0.15, 0.2) is 0 Å². The Bertz CT molecular complexity index is 2900. The van der Waals surface area contributed by atoms with E-state index in [4.69, 9.17) is 0 Å². The fourth-order valence-electron chi connectivity index (χ4n) is 8.58. The molecule has 4 N–H and O–H groups in total. The molecule has 2 saturated carbocycles. The van der Waals surface area contributed by atoms with Gasteiger partial charge >= 0.3 is 0 Å². The highest BCUT2D eigenvalue weighted by Gasteiger charge is 2.31. The van der Waals surface area contributed by atoms with Crippen LogP contribution < -0.4 is 21.3 Å². The Hall–Kier alpha value is -5.36. The number of hydrogen-bond donors (Lipinski definition) is 4. The Morgan fingerprint density at radius 2 is 0.618 bits per heavy atom. The molecule has 76 heavy (non-hydrogen) atoms. The Labute approximate surface area is 485 Å². The summed E-state index contributed by atoms with van der Waals surface area (Å²) in [5.41, 5.74) is 2.70. The molecule has 392 valence electrons. The molecule has 8 aromatic rings. The maximum atomic E-state index is 12.4. The highest BCUT2D eigenvalue weighted by atomic mass is 79.9. The monoisotopic (exact) mass is 1350 g/mol. The van der Waals surface area contributed by atoms with Crippen LogP contribution >= 0.6 is 109 Å². The Kier molecular flexibility index (Phi) is 19.5. The van der Waals surface area contributed by atoms with Crippen molar-refractivity contribution in [3.63, 3.8) is 0 Å². The van der Waals surface area contributed by atoms with E-state index in [0.29, 0.717) is 61.7 Å². The molecule has 8 heterocycles. The van der Waals surface area contributed by atoms with Crippen LogP contribution in [0.1, 0.15) is 118 Å². The van der Waals surface area contributed by atoms with Crippen molar-refractivity contribution in [1.29, 1.82) is 0 Å². The van der Waals surface area contributed by atoms with Gasteiger partial charge in [-0.15, -0.1) is 40.8 Å². The smallest absolute Gasteiger partial charge is 0.232 e. The van der Waals surface area contributed by atoms with E-state index in [0.717, 1.165) is 71.4 Å². The van der Waals surface area contributed by atoms with Crippen molar-refractivity contribution in [3.8, 4) is 0 Å². The SMILES string of the molecule is O=C(Cc1cccc(Br)n1)Nc1nnc([C@@H]2CCC[C@@H](c3nnc(NC(=O)Cc4cccc(Br)n4)s3)C2)s1.O=C(Cc1cccc(Br)n1)Nc1nnc([C@H]2CCC[C@H](c3nnc(NC(=O)Cc4cccc(Br)n4)s3)C2)s1. The number of amides is 4. The van der Waals surface area contributed by atoms with Crippen molar-refractivity contribution in [2.75, 3.05) is 21.3 Å². The second-order valence-electron chi connectivity index (χ2n) is 17.6. The number of nitrogens with one attached hydrogen (secondary N) is 4. The first-order valence-corrected chi connectivity index (χ1v) is 30.2. The van der Waals surface area contributed by atoms with Crippen molar-refractivity contribution in [1.82, 2.24) is 60.7 Å². The standard InChI is InChI=1S/2C24H22Br2N8O2S2/c2*25-17-8-2-6-15(27-17)11-19(35)29-23-33-31-21(37-23)13-4-1-5-14(10-13)22-32-34-24(38-22)30-20(36)12-16-7-3-9-18(26)28-16/h2*2-3,6-9,13-14H,1,4-5,10-12H2,(H,29,33,35)(H,30,34,36)/t2*13-,14-/m10/s1. The lowest BCUT2D eigenvalue weighted by Gasteiger charge is -2.25. The first kappa shape index (κ1) is 55.4. The third-order valence-corrected chi connectivity index (χ3v) is 17.7. The molecule has 0 bridgehead atoms. The van der Waals surface area contributed by atoms with Gasteiger partial charge in [0.25, 0.3) is 0 Å². The summed E-state index contributed by atoms with van der Waals surface area (Å²) in [6.45, 7) is 0. The van der Waals surface area contributed by atoms with Gasteiger partial charge in [0.2, 0.25) is 44.2 Å². The van der Waals surface area contributed by atoms with Gasteiger partial charge in [-0.3, -0.25) is 19.2 Å². The Morgan fingerprint density at radius 1 is 0.382 bits per heavy atom. The average molecular weight is 1360 g/mol. The van der Waals surface area contributed by atoms with Gasteiger partial charge in [-0.2, -0.15) is 0 Å². The van der Waals surface area contributed by atoms with Crippen LogP contribution in [-0.4, -0.2) is 84.4 Å². The van der Waals surface area contributed by atoms with Crippen molar-refractivity contribution >= 4 is 153 Å². The molecule has 2 aliphatic rings. The van der Waals surface area contributed by atoms with Crippen molar-refractivity contribution in [2.24, 2.45) is 0 Å². The summed E-state index contributed by atoms with van der Waals surface area (Å²) in [5, 5.41) is 51.2. The molecule has 0 spiro atoms. The molecular weight excluding hydrogens is 1310 g/mol. The maximum Gasteiger partial charge on any atom is 0.232 e. The van der Waals surface area contributed by atoms with Crippen molar-refractivity contribution < 1.29 is 19.2 Å². The van der Waals surface area contributed by atoms with Gasteiger partial charge in [0, 0.05) is 23.7 Å². The average Bonchev–Trinajstić information content (AvgIpc) is 4.24. The summed E-state index contributed by atoms with van der Waals surface area (Å²) < 4.78 is 2.76. The fraction of sp³-hybridized carbons (Fsp3) is 0.333. The van der Waals surface area contributed by atoms with Gasteiger partial charge in [-0.05, 0) is 151 Å². The largest absolute Gasteiger partial charge is 0.300 e. The lowest BCUT2D eigenvalue weighted by molar-refractivity contribution is -0.116. The number of carbonyl (C=O) groups excluding carboxylic acids is 4. The highest BCUT2D eigenvalue weighted by Crippen LogP contribution is 2.45. The summed E-state index contributed by atoms with van der Waals surface area (Å²) in [6, 6.07) is 21.9. The minimum absolute atomic E-state index is 0.162. The van der Waals surface area contributed by atoms with Crippen molar-refractivity contribution in [2.45, 2.75) is 101 Å². The molecular formula is C48H44Br4N16O4S4. The number of aromatic nitrogens is 12. The van der Waals surface area contributed by atoms with Gasteiger partial charge < -0.3 is 21.3 Å². The summed E-state index contributed by atoms with van der Waals surface area (Å²) in [7, 11) is 0. The van der Waals surface area contributed by atoms with E-state index in [9.17, 15) is 19.2 Å². The van der Waals surface area contributed by atoms with Gasteiger partial charge in [-0.25, -0.2) is 19.9 Å². The van der Waals surface area contributed by atoms with Crippen molar-refractivity contribution in [3.05, 3.63) is 134 Å². The number of carbonyl (C=O) groups is 4. The zero-order valence-electron chi connectivity index (χ0n) is 39.9. The number of rotatable bonds is 16. The predicted octanol–water partition coefficient (Wildman–Crippen LogP) is 11.0. The van der Waals surface area contributed by atoms with Crippen LogP contribution in [0.25, 0.3) is 0 Å².